The molecule has 27 heavy (non-hydrogen) atoms. The van der Waals surface area contributed by atoms with Crippen molar-refractivity contribution in [3.8, 4) is 5.69 Å². The van der Waals surface area contributed by atoms with Crippen molar-refractivity contribution in [3.05, 3.63) is 56.5 Å². The summed E-state index contributed by atoms with van der Waals surface area (Å²) < 4.78 is 50.5. The van der Waals surface area contributed by atoms with Crippen molar-refractivity contribution in [2.75, 3.05) is 13.2 Å². The van der Waals surface area contributed by atoms with E-state index < -0.39 is 23.1 Å². The summed E-state index contributed by atoms with van der Waals surface area (Å²) in [6.07, 6.45) is -4.81. The van der Waals surface area contributed by atoms with Crippen LogP contribution in [0, 0.1) is 0 Å². The minimum atomic E-state index is -4.81. The van der Waals surface area contributed by atoms with Gasteiger partial charge in [0.1, 0.15) is 18.0 Å². The van der Waals surface area contributed by atoms with Crippen LogP contribution in [-0.4, -0.2) is 32.6 Å². The molecule has 3 aromatic rings. The highest BCUT2D eigenvalue weighted by molar-refractivity contribution is 7.13. The Morgan fingerprint density at radius 2 is 2.00 bits per heavy atom. The zero-order valence-electron chi connectivity index (χ0n) is 13.8. The van der Waals surface area contributed by atoms with Crippen molar-refractivity contribution in [2.45, 2.75) is 6.18 Å². The average molecular weight is 396 g/mol. The van der Waals surface area contributed by atoms with E-state index in [9.17, 15) is 22.8 Å². The molecule has 0 spiro atoms. The third kappa shape index (κ3) is 2.83. The Kier molecular flexibility index (Phi) is 3.91. The van der Waals surface area contributed by atoms with Gasteiger partial charge in [-0.15, -0.1) is 0 Å². The second-order valence-electron chi connectivity index (χ2n) is 5.79. The molecule has 0 fully saturated rings. The molecule has 0 amide bonds. The summed E-state index contributed by atoms with van der Waals surface area (Å²) in [5.74, 6) is 0.367. The lowest BCUT2D eigenvalue weighted by Crippen LogP contribution is -2.40. The summed E-state index contributed by atoms with van der Waals surface area (Å²) in [5.41, 5.74) is -2.84. The molecule has 11 heteroatoms. The summed E-state index contributed by atoms with van der Waals surface area (Å²) in [6, 6.07) is 5.06. The first kappa shape index (κ1) is 17.5. The second-order valence-corrected chi connectivity index (χ2v) is 6.59. The van der Waals surface area contributed by atoms with Crippen molar-refractivity contribution in [1.29, 1.82) is 0 Å². The Morgan fingerprint density at radius 1 is 1.22 bits per heavy atom. The molecule has 1 aromatic carbocycles. The highest BCUT2D eigenvalue weighted by Gasteiger charge is 2.35. The average Bonchev–Trinajstić information content (AvgIpc) is 3.26. The van der Waals surface area contributed by atoms with Gasteiger partial charge in [0, 0.05) is 18.5 Å². The number of nitrogens with zero attached hydrogens (tertiary/aromatic N) is 4. The van der Waals surface area contributed by atoms with Gasteiger partial charge in [0.15, 0.2) is 0 Å². The van der Waals surface area contributed by atoms with Crippen LogP contribution in [0.5, 0.6) is 0 Å². The molecule has 0 N–H and O–H groups in total. The number of aliphatic imine (C=N–C) groups is 1. The summed E-state index contributed by atoms with van der Waals surface area (Å²) in [6.45, 7) is 0.944. The molecule has 0 atom stereocenters. The van der Waals surface area contributed by atoms with E-state index in [2.05, 4.69) is 9.37 Å². The van der Waals surface area contributed by atoms with E-state index in [0.717, 1.165) is 11.7 Å². The molecule has 2 aromatic heterocycles. The maximum Gasteiger partial charge on any atom is 0.431 e. The maximum absolute atomic E-state index is 13.0. The van der Waals surface area contributed by atoms with E-state index in [1.54, 1.807) is 6.07 Å². The molecule has 1 aliphatic heterocycles. The summed E-state index contributed by atoms with van der Waals surface area (Å²) >= 11 is 1.19. The Hall–Kier alpha value is -2.95. The molecule has 0 saturated heterocycles. The minimum absolute atomic E-state index is 0.141. The lowest BCUT2D eigenvalue weighted by atomic mass is 10.2. The Morgan fingerprint density at radius 3 is 2.67 bits per heavy atom. The normalized spacial score (nSPS) is 14.4. The minimum Gasteiger partial charge on any atom is -0.474 e. The van der Waals surface area contributed by atoms with Crippen molar-refractivity contribution >= 4 is 27.5 Å². The predicted octanol–water partition coefficient (Wildman–Crippen LogP) is 1.94. The molecule has 1 aliphatic rings. The van der Waals surface area contributed by atoms with Gasteiger partial charge in [-0.3, -0.25) is 9.36 Å². The number of fused-ring (bicyclic) bond motifs is 1. The van der Waals surface area contributed by atoms with Crippen LogP contribution < -0.4 is 11.2 Å². The lowest BCUT2D eigenvalue weighted by Gasteiger charge is -2.14. The number of alkyl halides is 3. The van der Waals surface area contributed by atoms with Gasteiger partial charge >= 0.3 is 11.9 Å². The van der Waals surface area contributed by atoms with Crippen LogP contribution in [0.2, 0.25) is 0 Å². The van der Waals surface area contributed by atoms with E-state index in [1.165, 1.54) is 23.7 Å². The van der Waals surface area contributed by atoms with Gasteiger partial charge in [0.2, 0.25) is 5.90 Å². The molecule has 0 radical (unpaired) electrons. The molecule has 0 unspecified atom stereocenters. The molecule has 0 saturated carbocycles. The van der Waals surface area contributed by atoms with Gasteiger partial charge in [-0.25, -0.2) is 14.4 Å². The van der Waals surface area contributed by atoms with E-state index in [-0.39, 0.29) is 5.69 Å². The Balaban J connectivity index is 1.93. The number of halogens is 3. The van der Waals surface area contributed by atoms with Crippen LogP contribution in [0.25, 0.3) is 15.8 Å². The van der Waals surface area contributed by atoms with Crippen molar-refractivity contribution in [3.63, 3.8) is 0 Å². The summed E-state index contributed by atoms with van der Waals surface area (Å²) in [4.78, 5) is 28.9. The van der Waals surface area contributed by atoms with E-state index in [0.29, 0.717) is 45.3 Å². The molecule has 7 nitrogen and oxygen atoms in total. The summed E-state index contributed by atoms with van der Waals surface area (Å²) in [5, 5.41) is 0.604. The number of hydrogen-bond acceptors (Lipinski definition) is 6. The van der Waals surface area contributed by atoms with E-state index in [1.807, 2.05) is 0 Å². The maximum atomic E-state index is 13.0. The third-order valence-electron chi connectivity index (χ3n) is 4.11. The third-order valence-corrected chi connectivity index (χ3v) is 4.94. The first-order valence-electron chi connectivity index (χ1n) is 7.75. The zero-order valence-corrected chi connectivity index (χ0v) is 14.6. The topological polar surface area (TPSA) is 78.5 Å². The molecular weight excluding hydrogens is 385 g/mol. The van der Waals surface area contributed by atoms with Crippen LogP contribution in [0.3, 0.4) is 0 Å². The zero-order chi connectivity index (χ0) is 19.3. The predicted molar refractivity (Wildman–Crippen MR) is 92.8 cm³/mol. The molecule has 4 rings (SSSR count). The van der Waals surface area contributed by atoms with Crippen LogP contribution in [0.4, 0.5) is 13.2 Å². The van der Waals surface area contributed by atoms with E-state index >= 15 is 0 Å². The molecule has 3 heterocycles. The highest BCUT2D eigenvalue weighted by Crippen LogP contribution is 2.28. The first-order chi connectivity index (χ1) is 12.8. The van der Waals surface area contributed by atoms with Crippen LogP contribution in [0.1, 0.15) is 11.4 Å². The second kappa shape index (κ2) is 6.05. The smallest absolute Gasteiger partial charge is 0.431 e. The molecule has 0 bridgehead atoms. The quantitative estimate of drug-likeness (QED) is 0.663. The molecular formula is C16H11F3N4O3S. The van der Waals surface area contributed by atoms with Gasteiger partial charge in [-0.1, -0.05) is 0 Å². The Bertz CT molecular complexity index is 1210. The lowest BCUT2D eigenvalue weighted by molar-refractivity contribution is -0.144. The summed E-state index contributed by atoms with van der Waals surface area (Å²) in [7, 11) is 0.971. The largest absolute Gasteiger partial charge is 0.474 e. The molecule has 140 valence electrons. The van der Waals surface area contributed by atoms with Crippen molar-refractivity contribution in [2.24, 2.45) is 12.0 Å². The van der Waals surface area contributed by atoms with E-state index in [4.69, 9.17) is 4.74 Å². The van der Waals surface area contributed by atoms with Gasteiger partial charge in [0.05, 0.1) is 16.9 Å². The van der Waals surface area contributed by atoms with Crippen LogP contribution in [-0.2, 0) is 18.0 Å². The van der Waals surface area contributed by atoms with Gasteiger partial charge < -0.3 is 4.74 Å². The highest BCUT2D eigenvalue weighted by atomic mass is 32.1. The number of hydrogen-bond donors (Lipinski definition) is 0. The molecule has 0 aliphatic carbocycles. The standard InChI is InChI=1S/C16H11F3N4O3S/c1-22-11(16(17,18)19)7-12(24)23(15(22)25)8-2-3-10-9(6-8)13(21-27-10)14-20-4-5-26-14/h2-3,6-7H,4-5H2,1H3. The Labute approximate surface area is 153 Å². The monoisotopic (exact) mass is 396 g/mol. The van der Waals surface area contributed by atoms with Gasteiger partial charge in [-0.2, -0.15) is 17.5 Å². The van der Waals surface area contributed by atoms with Gasteiger partial charge in [0.25, 0.3) is 5.56 Å². The fourth-order valence-electron chi connectivity index (χ4n) is 2.83. The fraction of sp³-hybridized carbons (Fsp3) is 0.250. The number of rotatable bonds is 2. The van der Waals surface area contributed by atoms with Crippen LogP contribution in [0.15, 0.2) is 38.8 Å². The number of aromatic nitrogens is 3. The number of benzene rings is 1. The first-order valence-corrected chi connectivity index (χ1v) is 8.52. The van der Waals surface area contributed by atoms with Crippen molar-refractivity contribution in [1.82, 2.24) is 13.5 Å². The van der Waals surface area contributed by atoms with Crippen molar-refractivity contribution < 1.29 is 17.9 Å². The fourth-order valence-corrected chi connectivity index (χ4v) is 3.58. The SMILES string of the molecule is Cn1c(C(F)(F)F)cc(=O)n(-c2ccc3snc(C4=NCCO4)c3c2)c1=O. The number of ether oxygens (including phenoxy) is 1. The van der Waals surface area contributed by atoms with Crippen LogP contribution >= 0.6 is 11.5 Å². The van der Waals surface area contributed by atoms with Gasteiger partial charge in [-0.05, 0) is 29.7 Å².